The zero-order chi connectivity index (χ0) is 33.0. The van der Waals surface area contributed by atoms with Crippen LogP contribution in [0, 0.1) is 12.1 Å². The summed E-state index contributed by atoms with van der Waals surface area (Å²) in [6.07, 6.45) is 7.49. The Morgan fingerprint density at radius 2 is 1.76 bits per heavy atom. The molecule has 0 bridgehead atoms. The quantitative estimate of drug-likeness (QED) is 0.107. The predicted molar refractivity (Wildman–Crippen MR) is 171 cm³/mol. The third-order valence-corrected chi connectivity index (χ3v) is 7.05. The van der Waals surface area contributed by atoms with E-state index in [2.05, 4.69) is 32.9 Å². The molecule has 0 atom stereocenters. The van der Waals surface area contributed by atoms with Gasteiger partial charge in [-0.15, -0.1) is 6.07 Å². The number of hydrogen-bond donors (Lipinski definition) is 1. The summed E-state index contributed by atoms with van der Waals surface area (Å²) in [7, 11) is 0. The molecular formula is C37H41F3KO4-. The van der Waals surface area contributed by atoms with Gasteiger partial charge in [0, 0.05) is 5.76 Å². The molecule has 0 aliphatic heterocycles. The van der Waals surface area contributed by atoms with Gasteiger partial charge in [0.15, 0.2) is 0 Å². The maximum Gasteiger partial charge on any atom is 1.00 e. The Labute approximate surface area is 307 Å². The number of allylic oxidation sites excluding steroid dienone is 4. The minimum Gasteiger partial charge on any atom is -0.483 e. The van der Waals surface area contributed by atoms with E-state index < -0.39 is 23.1 Å². The van der Waals surface area contributed by atoms with Gasteiger partial charge in [-0.25, -0.2) is 16.9 Å². The van der Waals surface area contributed by atoms with E-state index >= 15 is 0 Å². The zero-order valence-electron chi connectivity index (χ0n) is 27.5. The number of halogens is 3. The topological polar surface area (TPSA) is 67.5 Å². The molecule has 1 heterocycles. The Morgan fingerprint density at radius 3 is 2.27 bits per heavy atom. The van der Waals surface area contributed by atoms with Crippen LogP contribution in [0.15, 0.2) is 86.1 Å². The summed E-state index contributed by atoms with van der Waals surface area (Å²) < 4.78 is 45.1. The van der Waals surface area contributed by atoms with Crippen molar-refractivity contribution in [2.45, 2.75) is 86.2 Å². The van der Waals surface area contributed by atoms with Crippen molar-refractivity contribution in [1.29, 1.82) is 0 Å². The smallest absolute Gasteiger partial charge is 0.483 e. The maximum atomic E-state index is 13.1. The van der Waals surface area contributed by atoms with Crippen LogP contribution in [-0.4, -0.2) is 11.1 Å². The fraction of sp³-hybridized carbons (Fsp3) is 0.351. The summed E-state index contributed by atoms with van der Waals surface area (Å²) in [4.78, 5) is 23.8. The number of alkyl halides is 3. The molecule has 0 aliphatic rings. The largest absolute Gasteiger partial charge is 1.00 e. The third kappa shape index (κ3) is 12.3. The third-order valence-electron chi connectivity index (χ3n) is 7.05. The first-order chi connectivity index (χ1) is 20.7. The summed E-state index contributed by atoms with van der Waals surface area (Å²) in [5, 5.41) is 9.29. The van der Waals surface area contributed by atoms with Gasteiger partial charge in [-0.05, 0) is 62.3 Å². The number of fused-ring (bicyclic) bond motifs is 1. The molecular weight excluding hydrogens is 604 g/mol. The van der Waals surface area contributed by atoms with Crippen molar-refractivity contribution in [1.82, 2.24) is 0 Å². The normalized spacial score (nSPS) is 13.0. The number of carboxylic acids is 1. The van der Waals surface area contributed by atoms with Crippen molar-refractivity contribution in [3.05, 3.63) is 122 Å². The Kier molecular flexibility index (Phi) is 17.3. The van der Waals surface area contributed by atoms with Gasteiger partial charge < -0.3 is 14.3 Å². The molecule has 1 N–H and O–H groups in total. The standard InChI is InChI=1S/C21H15F3O2.C16H26O2.K/c1-13(2)17-10-15(21(22,23)24)11-18-19(25)12-16(26-20(17)18)9-8-14-6-4-3-5-7-14;1-6-9-14(11-10-12(4)7-2)15(16(17)18)13(5)8-3;/h3-6,8,10-13H,1-2H3;10-11H,6-9H2,1-5H3,(H,17,18);/q-2;;+1/b;12-10+,14-11-,15-13+;. The zero-order valence-corrected chi connectivity index (χ0v) is 30.6. The van der Waals surface area contributed by atoms with E-state index in [0.29, 0.717) is 11.1 Å². The van der Waals surface area contributed by atoms with E-state index in [1.165, 1.54) is 5.57 Å². The van der Waals surface area contributed by atoms with Crippen LogP contribution in [0.25, 0.3) is 17.0 Å². The molecule has 3 aromatic rings. The van der Waals surface area contributed by atoms with Gasteiger partial charge >= 0.3 is 63.5 Å². The van der Waals surface area contributed by atoms with Crippen LogP contribution in [0.2, 0.25) is 0 Å². The molecule has 0 aliphatic carbocycles. The summed E-state index contributed by atoms with van der Waals surface area (Å²) in [5.74, 6) is -0.900. The Balaban J connectivity index is 0.000000473. The van der Waals surface area contributed by atoms with Crippen LogP contribution in [0.3, 0.4) is 0 Å². The van der Waals surface area contributed by atoms with Crippen molar-refractivity contribution in [2.75, 3.05) is 0 Å². The monoisotopic (exact) mass is 645 g/mol. The second-order valence-electron chi connectivity index (χ2n) is 10.8. The van der Waals surface area contributed by atoms with Crippen molar-refractivity contribution < 1.29 is 78.9 Å². The Hall–Kier alpha value is -2.49. The summed E-state index contributed by atoms with van der Waals surface area (Å²) in [6, 6.07) is 13.2. The van der Waals surface area contributed by atoms with E-state index in [-0.39, 0.29) is 74.0 Å². The minimum absolute atomic E-state index is 0. The summed E-state index contributed by atoms with van der Waals surface area (Å²) in [5.41, 5.74) is 3.50. The van der Waals surface area contributed by atoms with E-state index in [4.69, 9.17) is 4.42 Å². The molecule has 0 saturated heterocycles. The average molecular weight is 646 g/mol. The van der Waals surface area contributed by atoms with E-state index in [1.54, 1.807) is 32.1 Å². The second kappa shape index (κ2) is 19.2. The molecule has 236 valence electrons. The number of carboxylic acid groups (broad SMARTS) is 1. The van der Waals surface area contributed by atoms with Crippen LogP contribution in [-0.2, 0) is 11.0 Å². The SMILES string of the molecule is CC(C)c1cc(C(F)(F)F)cc2c(=O)cc([C-]=Cc3[c-]cccc3)oc12.CCCC(=C/C=C(\C)CC)/C(C(=O)O)=C(/C)CC.[K+]. The molecule has 8 heteroatoms. The van der Waals surface area contributed by atoms with Gasteiger partial charge in [0.25, 0.3) is 0 Å². The molecule has 0 amide bonds. The maximum absolute atomic E-state index is 13.1. The van der Waals surface area contributed by atoms with Gasteiger partial charge in [-0.1, -0.05) is 70.4 Å². The van der Waals surface area contributed by atoms with Crippen molar-refractivity contribution in [2.24, 2.45) is 0 Å². The molecule has 4 nitrogen and oxygen atoms in total. The van der Waals surface area contributed by atoms with Crippen LogP contribution in [0.5, 0.6) is 0 Å². The molecule has 0 unspecified atom stereocenters. The van der Waals surface area contributed by atoms with Gasteiger partial charge in [0.05, 0.1) is 16.5 Å². The van der Waals surface area contributed by atoms with Crippen LogP contribution in [0.1, 0.15) is 103 Å². The number of carbonyl (C=O) groups is 1. The Morgan fingerprint density at radius 1 is 1.07 bits per heavy atom. The number of benzene rings is 2. The number of hydrogen-bond acceptors (Lipinski definition) is 3. The first-order valence-corrected chi connectivity index (χ1v) is 14.8. The van der Waals surface area contributed by atoms with Gasteiger partial charge in [0.2, 0.25) is 0 Å². The molecule has 3 rings (SSSR count). The molecule has 1 aromatic heterocycles. The first kappa shape index (κ1) is 40.5. The van der Waals surface area contributed by atoms with Crippen molar-refractivity contribution in [3.8, 4) is 0 Å². The molecule has 0 spiro atoms. The molecule has 2 aromatic carbocycles. The second-order valence-corrected chi connectivity index (χ2v) is 10.8. The van der Waals surface area contributed by atoms with E-state index in [9.17, 15) is 27.9 Å². The molecule has 0 fully saturated rings. The summed E-state index contributed by atoms with van der Waals surface area (Å²) >= 11 is 0. The van der Waals surface area contributed by atoms with Crippen molar-refractivity contribution >= 4 is 23.0 Å². The van der Waals surface area contributed by atoms with Crippen LogP contribution in [0.4, 0.5) is 13.2 Å². The molecule has 45 heavy (non-hydrogen) atoms. The summed E-state index contributed by atoms with van der Waals surface area (Å²) in [6.45, 7) is 13.6. The van der Waals surface area contributed by atoms with E-state index in [0.717, 1.165) is 60.6 Å². The molecule has 0 saturated carbocycles. The molecule has 0 radical (unpaired) electrons. The van der Waals surface area contributed by atoms with Crippen LogP contribution < -0.4 is 56.8 Å². The number of rotatable bonds is 10. The predicted octanol–water partition coefficient (Wildman–Crippen LogP) is 7.48. The van der Waals surface area contributed by atoms with Gasteiger partial charge in [-0.3, -0.25) is 5.56 Å². The van der Waals surface area contributed by atoms with Crippen molar-refractivity contribution in [3.63, 3.8) is 0 Å². The Bertz CT molecular complexity index is 1610. The van der Waals surface area contributed by atoms with Gasteiger partial charge in [-0.2, -0.15) is 37.4 Å². The minimum atomic E-state index is -4.53. The average Bonchev–Trinajstić information content (AvgIpc) is 2.98. The first-order valence-electron chi connectivity index (χ1n) is 14.8. The van der Waals surface area contributed by atoms with Crippen LogP contribution >= 0.6 is 0 Å². The fourth-order valence-electron chi connectivity index (χ4n) is 4.29. The van der Waals surface area contributed by atoms with E-state index in [1.807, 2.05) is 38.1 Å². The fourth-order valence-corrected chi connectivity index (χ4v) is 4.29. The number of aliphatic carboxylic acids is 1. The van der Waals surface area contributed by atoms with Gasteiger partial charge in [0.1, 0.15) is 11.0 Å².